The van der Waals surface area contributed by atoms with Crippen molar-refractivity contribution in [1.29, 1.82) is 0 Å². The molecule has 0 aliphatic heterocycles. The third-order valence-electron chi connectivity index (χ3n) is 3.46. The van der Waals surface area contributed by atoms with E-state index in [0.29, 0.717) is 10.5 Å². The Balaban J connectivity index is 2.25. The highest BCUT2D eigenvalue weighted by molar-refractivity contribution is 6.31. The molecule has 0 saturated carbocycles. The lowest BCUT2D eigenvalue weighted by molar-refractivity contribution is -0.141. The maximum Gasteiger partial charge on any atom is 0.302 e. The fourth-order valence-corrected chi connectivity index (χ4v) is 2.57. The van der Waals surface area contributed by atoms with Crippen LogP contribution < -0.4 is 11.0 Å². The molecule has 9 heteroatoms. The molecule has 0 fully saturated rings. The third-order valence-corrected chi connectivity index (χ3v) is 3.69. The summed E-state index contributed by atoms with van der Waals surface area (Å²) in [5.74, 6) is -1.01. The number of ether oxygens (including phenoxy) is 1. The fraction of sp³-hybridized carbons (Fsp3) is 0.200. The molecule has 0 unspecified atom stereocenters. The Hall–Kier alpha value is -2.87. The van der Waals surface area contributed by atoms with Crippen molar-refractivity contribution in [3.63, 3.8) is 0 Å². The van der Waals surface area contributed by atoms with Gasteiger partial charge in [-0.15, -0.1) is 5.10 Å². The molecule has 2 aromatic heterocycles. The van der Waals surface area contributed by atoms with E-state index >= 15 is 0 Å². The number of aromatic nitrogens is 3. The summed E-state index contributed by atoms with van der Waals surface area (Å²) in [5.41, 5.74) is -0.912. The first-order valence-corrected chi connectivity index (χ1v) is 7.35. The highest BCUT2D eigenvalue weighted by Crippen LogP contribution is 2.20. The van der Waals surface area contributed by atoms with Gasteiger partial charge in [0.05, 0.1) is 12.1 Å². The number of fused-ring (bicyclic) bond motifs is 2. The minimum atomic E-state index is -0.687. The van der Waals surface area contributed by atoms with Crippen LogP contribution in [0.25, 0.3) is 21.8 Å². The Bertz CT molecular complexity index is 1090. The summed E-state index contributed by atoms with van der Waals surface area (Å²) in [5, 5.41) is 14.2. The summed E-state index contributed by atoms with van der Waals surface area (Å²) < 4.78 is 5.63. The van der Waals surface area contributed by atoms with Crippen LogP contribution in [0.5, 0.6) is 5.88 Å². The van der Waals surface area contributed by atoms with Gasteiger partial charge in [0.2, 0.25) is 5.43 Å². The summed E-state index contributed by atoms with van der Waals surface area (Å²) in [6, 6.07) is 4.55. The van der Waals surface area contributed by atoms with Crippen LogP contribution in [0.2, 0.25) is 5.02 Å². The van der Waals surface area contributed by atoms with Crippen LogP contribution in [0.15, 0.2) is 27.8 Å². The zero-order chi connectivity index (χ0) is 17.4. The largest absolute Gasteiger partial charge is 0.491 e. The summed E-state index contributed by atoms with van der Waals surface area (Å²) in [7, 11) is 0. The number of hydrogen-bond donors (Lipinski definition) is 2. The molecule has 24 heavy (non-hydrogen) atoms. The van der Waals surface area contributed by atoms with Crippen molar-refractivity contribution >= 4 is 39.4 Å². The highest BCUT2D eigenvalue weighted by atomic mass is 35.5. The molecule has 2 N–H and O–H groups in total. The summed E-state index contributed by atoms with van der Waals surface area (Å²) >= 11 is 5.89. The van der Waals surface area contributed by atoms with E-state index in [1.54, 1.807) is 0 Å². The smallest absolute Gasteiger partial charge is 0.302 e. The van der Waals surface area contributed by atoms with Crippen molar-refractivity contribution in [2.75, 3.05) is 6.61 Å². The number of H-pyrrole nitrogens is 1. The maximum atomic E-state index is 12.6. The number of aromatic amines is 1. The van der Waals surface area contributed by atoms with Crippen LogP contribution in [0.3, 0.4) is 0 Å². The first-order chi connectivity index (χ1) is 11.4. The molecule has 1 aromatic carbocycles. The Morgan fingerprint density at radius 1 is 1.42 bits per heavy atom. The molecule has 124 valence electrons. The normalized spacial score (nSPS) is 11.1. The van der Waals surface area contributed by atoms with Crippen LogP contribution in [0, 0.1) is 0 Å². The molecule has 3 aromatic rings. The zero-order valence-electron chi connectivity index (χ0n) is 12.5. The minimum absolute atomic E-state index is 0.0662. The van der Waals surface area contributed by atoms with Gasteiger partial charge in [0.15, 0.2) is 0 Å². The van der Waals surface area contributed by atoms with Crippen molar-refractivity contribution in [1.82, 2.24) is 14.8 Å². The van der Waals surface area contributed by atoms with Crippen molar-refractivity contribution in [2.24, 2.45) is 0 Å². The summed E-state index contributed by atoms with van der Waals surface area (Å²) in [6.45, 7) is 1.05. The Labute approximate surface area is 139 Å². The number of aromatic hydroxyl groups is 1. The van der Waals surface area contributed by atoms with Crippen molar-refractivity contribution in [3.05, 3.63) is 43.8 Å². The van der Waals surface area contributed by atoms with Gasteiger partial charge in [0, 0.05) is 17.3 Å². The van der Waals surface area contributed by atoms with Gasteiger partial charge in [-0.2, -0.15) is 0 Å². The molecule has 0 amide bonds. The first-order valence-electron chi connectivity index (χ1n) is 6.97. The molecule has 0 atom stereocenters. The van der Waals surface area contributed by atoms with Crippen molar-refractivity contribution < 1.29 is 14.6 Å². The predicted molar refractivity (Wildman–Crippen MR) is 87.4 cm³/mol. The molecule has 0 radical (unpaired) electrons. The van der Waals surface area contributed by atoms with Gasteiger partial charge in [0.25, 0.3) is 11.4 Å². The second-order valence-electron chi connectivity index (χ2n) is 5.09. The predicted octanol–water partition coefficient (Wildman–Crippen LogP) is 1.16. The number of carbonyl (C=O) groups excluding carboxylic acids is 1. The summed E-state index contributed by atoms with van der Waals surface area (Å²) in [4.78, 5) is 38.7. The second-order valence-corrected chi connectivity index (χ2v) is 5.52. The van der Waals surface area contributed by atoms with E-state index in [0.717, 1.165) is 4.68 Å². The van der Waals surface area contributed by atoms with Gasteiger partial charge in [0.1, 0.15) is 17.5 Å². The number of nitrogens with one attached hydrogen (secondary N) is 1. The van der Waals surface area contributed by atoms with Gasteiger partial charge in [-0.1, -0.05) is 11.6 Å². The van der Waals surface area contributed by atoms with E-state index in [9.17, 15) is 19.5 Å². The molecule has 0 aliphatic rings. The van der Waals surface area contributed by atoms with E-state index in [1.165, 1.54) is 25.1 Å². The monoisotopic (exact) mass is 349 g/mol. The topological polar surface area (TPSA) is 114 Å². The van der Waals surface area contributed by atoms with E-state index < -0.39 is 22.8 Å². The van der Waals surface area contributed by atoms with Gasteiger partial charge in [-0.25, -0.2) is 4.68 Å². The molecule has 8 nitrogen and oxygen atoms in total. The molecule has 0 aliphatic carbocycles. The van der Waals surface area contributed by atoms with Crippen LogP contribution in [0.4, 0.5) is 0 Å². The summed E-state index contributed by atoms with van der Waals surface area (Å²) in [6.07, 6.45) is 0. The molecular formula is C15H12ClN3O5. The molecule has 2 heterocycles. The second kappa shape index (κ2) is 5.97. The number of hydrogen-bond acceptors (Lipinski definition) is 6. The van der Waals surface area contributed by atoms with Gasteiger partial charge >= 0.3 is 5.97 Å². The lowest BCUT2D eigenvalue weighted by Crippen LogP contribution is -2.29. The average molecular weight is 350 g/mol. The van der Waals surface area contributed by atoms with Gasteiger partial charge in [-0.3, -0.25) is 14.4 Å². The number of benzene rings is 1. The molecule has 0 saturated heterocycles. The lowest BCUT2D eigenvalue weighted by Gasteiger charge is -2.09. The van der Waals surface area contributed by atoms with Crippen LogP contribution >= 0.6 is 11.6 Å². The number of nitrogens with zero attached hydrogens (tertiary/aromatic N) is 2. The van der Waals surface area contributed by atoms with Gasteiger partial charge < -0.3 is 14.8 Å². The number of pyridine rings is 1. The minimum Gasteiger partial charge on any atom is -0.491 e. The number of carbonyl (C=O) groups is 1. The Morgan fingerprint density at radius 2 is 2.17 bits per heavy atom. The molecular weight excluding hydrogens is 338 g/mol. The molecule has 3 rings (SSSR count). The van der Waals surface area contributed by atoms with Crippen molar-refractivity contribution in [2.45, 2.75) is 13.5 Å². The first kappa shape index (κ1) is 16.0. The zero-order valence-corrected chi connectivity index (χ0v) is 13.3. The Morgan fingerprint density at radius 3 is 2.88 bits per heavy atom. The molecule has 0 spiro atoms. The Kier molecular flexibility index (Phi) is 3.98. The lowest BCUT2D eigenvalue weighted by atomic mass is 10.1. The fourth-order valence-electron chi connectivity index (χ4n) is 2.40. The number of rotatable bonds is 3. The van der Waals surface area contributed by atoms with E-state index in [2.05, 4.69) is 10.1 Å². The van der Waals surface area contributed by atoms with Crippen LogP contribution in [-0.4, -0.2) is 32.4 Å². The van der Waals surface area contributed by atoms with Crippen LogP contribution in [-0.2, 0) is 16.1 Å². The van der Waals surface area contributed by atoms with Crippen molar-refractivity contribution in [3.8, 4) is 5.88 Å². The SMILES string of the molecule is CC(=O)OCCn1nc(O)c2[nH]c3cc(Cl)ccc3c(=O)c2c1=O. The number of esters is 1. The maximum absolute atomic E-state index is 12.6. The molecule has 0 bridgehead atoms. The quantitative estimate of drug-likeness (QED) is 0.541. The van der Waals surface area contributed by atoms with Crippen LogP contribution in [0.1, 0.15) is 6.92 Å². The average Bonchev–Trinajstić information content (AvgIpc) is 2.51. The number of halogens is 1. The standard InChI is InChI=1S/C15H12ClN3O5/c1-7(20)24-5-4-19-15(23)11-12(14(22)18-19)17-10-6-8(16)2-3-9(10)13(11)21/h2-3,6H,4-5H2,1H3,(H,17,21)(H,18,22). The van der Waals surface area contributed by atoms with E-state index in [-0.39, 0.29) is 29.4 Å². The highest BCUT2D eigenvalue weighted by Gasteiger charge is 2.16. The van der Waals surface area contributed by atoms with E-state index in [4.69, 9.17) is 16.3 Å². The van der Waals surface area contributed by atoms with Gasteiger partial charge in [-0.05, 0) is 18.2 Å². The van der Waals surface area contributed by atoms with E-state index in [1.807, 2.05) is 0 Å². The third kappa shape index (κ3) is 2.71.